The van der Waals surface area contributed by atoms with E-state index in [1.165, 1.54) is 6.07 Å². The van der Waals surface area contributed by atoms with Crippen LogP contribution < -0.4 is 10.2 Å². The van der Waals surface area contributed by atoms with Gasteiger partial charge < -0.3 is 14.6 Å². The Kier molecular flexibility index (Phi) is 4.02. The molecule has 1 aliphatic rings. The Morgan fingerprint density at radius 1 is 1.37 bits per heavy atom. The van der Waals surface area contributed by atoms with Gasteiger partial charge in [-0.15, -0.1) is 12.4 Å². The monoisotopic (exact) mass is 284 g/mol. The zero-order valence-corrected chi connectivity index (χ0v) is 11.8. The lowest BCUT2D eigenvalue weighted by atomic mass is 10.1. The fraction of sp³-hybridized carbons (Fsp3) is 0.429. The van der Waals surface area contributed by atoms with Gasteiger partial charge in [-0.25, -0.2) is 4.39 Å². The van der Waals surface area contributed by atoms with Gasteiger partial charge in [0, 0.05) is 36.6 Å². The van der Waals surface area contributed by atoms with E-state index in [1.807, 2.05) is 0 Å². The van der Waals surface area contributed by atoms with Gasteiger partial charge >= 0.3 is 0 Å². The van der Waals surface area contributed by atoms with Gasteiger partial charge in [0.15, 0.2) is 5.58 Å². The normalized spacial score (nSPS) is 23.4. The van der Waals surface area contributed by atoms with Crippen molar-refractivity contribution in [1.82, 2.24) is 5.32 Å². The topological polar surface area (TPSA) is 28.4 Å². The van der Waals surface area contributed by atoms with E-state index in [0.29, 0.717) is 12.1 Å². The SMILES string of the molecule is C[C@H]1NCCN(c2cc(F)cc3ccoc23)[C@H]1C.Cl. The molecule has 0 saturated carbocycles. The predicted molar refractivity (Wildman–Crippen MR) is 77.7 cm³/mol. The van der Waals surface area contributed by atoms with Gasteiger partial charge in [0.25, 0.3) is 0 Å². The molecule has 2 atom stereocenters. The van der Waals surface area contributed by atoms with Crippen LogP contribution in [0.2, 0.25) is 0 Å². The van der Waals surface area contributed by atoms with Crippen LogP contribution in [0.4, 0.5) is 10.1 Å². The Balaban J connectivity index is 0.00000133. The van der Waals surface area contributed by atoms with Crippen LogP contribution in [0.25, 0.3) is 11.0 Å². The van der Waals surface area contributed by atoms with E-state index in [-0.39, 0.29) is 18.2 Å². The third kappa shape index (κ3) is 2.42. The molecule has 1 aromatic heterocycles. The molecule has 2 aromatic rings. The lowest BCUT2D eigenvalue weighted by Crippen LogP contribution is -2.55. The Labute approximate surface area is 118 Å². The van der Waals surface area contributed by atoms with E-state index in [0.717, 1.165) is 29.7 Å². The minimum Gasteiger partial charge on any atom is -0.462 e. The number of anilines is 1. The van der Waals surface area contributed by atoms with Gasteiger partial charge in [-0.3, -0.25) is 0 Å². The van der Waals surface area contributed by atoms with Crippen LogP contribution in [-0.4, -0.2) is 25.2 Å². The van der Waals surface area contributed by atoms with Crippen molar-refractivity contribution in [3.63, 3.8) is 0 Å². The Hall–Kier alpha value is -1.26. The number of nitrogens with one attached hydrogen (secondary N) is 1. The maximum absolute atomic E-state index is 13.7. The summed E-state index contributed by atoms with van der Waals surface area (Å²) in [5.41, 5.74) is 1.63. The highest BCUT2D eigenvalue weighted by atomic mass is 35.5. The smallest absolute Gasteiger partial charge is 0.157 e. The summed E-state index contributed by atoms with van der Waals surface area (Å²) in [6.45, 7) is 6.07. The molecule has 3 rings (SSSR count). The van der Waals surface area contributed by atoms with Crippen LogP contribution in [0.15, 0.2) is 28.9 Å². The average molecular weight is 285 g/mol. The van der Waals surface area contributed by atoms with Gasteiger partial charge in [-0.1, -0.05) is 0 Å². The summed E-state index contributed by atoms with van der Waals surface area (Å²) in [6, 6.07) is 5.58. The van der Waals surface area contributed by atoms with E-state index >= 15 is 0 Å². The van der Waals surface area contributed by atoms with E-state index < -0.39 is 0 Å². The van der Waals surface area contributed by atoms with Crippen LogP contribution >= 0.6 is 12.4 Å². The van der Waals surface area contributed by atoms with Gasteiger partial charge in [0.05, 0.1) is 12.0 Å². The number of furan rings is 1. The van der Waals surface area contributed by atoms with Crippen molar-refractivity contribution in [2.24, 2.45) is 0 Å². The summed E-state index contributed by atoms with van der Waals surface area (Å²) in [5, 5.41) is 4.24. The van der Waals surface area contributed by atoms with Crippen LogP contribution in [0, 0.1) is 5.82 Å². The number of piperazine rings is 1. The lowest BCUT2D eigenvalue weighted by molar-refractivity contribution is 0.403. The molecule has 0 amide bonds. The number of benzene rings is 1. The number of fused-ring (bicyclic) bond motifs is 1. The average Bonchev–Trinajstić information content (AvgIpc) is 2.79. The zero-order chi connectivity index (χ0) is 12.7. The molecule has 0 spiro atoms. The van der Waals surface area contributed by atoms with Crippen LogP contribution in [0.3, 0.4) is 0 Å². The largest absolute Gasteiger partial charge is 0.462 e. The maximum Gasteiger partial charge on any atom is 0.157 e. The predicted octanol–water partition coefficient (Wildman–Crippen LogP) is 3.18. The highest BCUT2D eigenvalue weighted by Crippen LogP contribution is 2.31. The standard InChI is InChI=1S/C14H17FN2O.ClH/c1-9-10(2)17(5-4-16-9)13-8-12(15)7-11-3-6-18-14(11)13;/h3,6-10,16H,4-5H2,1-2H3;1H/t9-,10+;/m1./s1. The number of rotatable bonds is 1. The summed E-state index contributed by atoms with van der Waals surface area (Å²) < 4.78 is 19.2. The molecular weight excluding hydrogens is 267 g/mol. The van der Waals surface area contributed by atoms with E-state index in [4.69, 9.17) is 4.42 Å². The summed E-state index contributed by atoms with van der Waals surface area (Å²) in [5.74, 6) is -0.211. The highest BCUT2D eigenvalue weighted by Gasteiger charge is 2.26. The summed E-state index contributed by atoms with van der Waals surface area (Å²) >= 11 is 0. The molecule has 1 N–H and O–H groups in total. The van der Waals surface area contributed by atoms with Gasteiger partial charge in [-0.2, -0.15) is 0 Å². The number of halogens is 2. The molecular formula is C14H18ClFN2O. The van der Waals surface area contributed by atoms with E-state index in [1.54, 1.807) is 18.4 Å². The minimum atomic E-state index is -0.211. The van der Waals surface area contributed by atoms with Crippen LogP contribution in [0.5, 0.6) is 0 Å². The molecule has 1 aromatic carbocycles. The van der Waals surface area contributed by atoms with Gasteiger partial charge in [0.2, 0.25) is 0 Å². The third-order valence-corrected chi connectivity index (χ3v) is 3.84. The van der Waals surface area contributed by atoms with Crippen molar-refractivity contribution in [3.05, 3.63) is 30.3 Å². The molecule has 19 heavy (non-hydrogen) atoms. The van der Waals surface area contributed by atoms with Gasteiger partial charge in [-0.05, 0) is 26.0 Å². The molecule has 3 nitrogen and oxygen atoms in total. The first kappa shape index (κ1) is 14.2. The minimum absolute atomic E-state index is 0. The molecule has 5 heteroatoms. The number of hydrogen-bond acceptors (Lipinski definition) is 3. The number of nitrogens with zero attached hydrogens (tertiary/aromatic N) is 1. The van der Waals surface area contributed by atoms with Crippen molar-refractivity contribution in [2.45, 2.75) is 25.9 Å². The summed E-state index contributed by atoms with van der Waals surface area (Å²) in [6.07, 6.45) is 1.61. The fourth-order valence-electron chi connectivity index (χ4n) is 2.64. The quantitative estimate of drug-likeness (QED) is 0.872. The maximum atomic E-state index is 13.7. The fourth-order valence-corrected chi connectivity index (χ4v) is 2.64. The molecule has 2 heterocycles. The van der Waals surface area contributed by atoms with Crippen molar-refractivity contribution in [2.75, 3.05) is 18.0 Å². The third-order valence-electron chi connectivity index (χ3n) is 3.84. The number of hydrogen-bond donors (Lipinski definition) is 1. The second-order valence-corrected chi connectivity index (χ2v) is 4.94. The van der Waals surface area contributed by atoms with E-state index in [2.05, 4.69) is 24.1 Å². The van der Waals surface area contributed by atoms with E-state index in [9.17, 15) is 4.39 Å². The Morgan fingerprint density at radius 3 is 2.95 bits per heavy atom. The second-order valence-electron chi connectivity index (χ2n) is 4.94. The molecule has 0 bridgehead atoms. The van der Waals surface area contributed by atoms with Crippen molar-refractivity contribution >= 4 is 29.1 Å². The first-order valence-electron chi connectivity index (χ1n) is 6.33. The van der Waals surface area contributed by atoms with Crippen LogP contribution in [0.1, 0.15) is 13.8 Å². The van der Waals surface area contributed by atoms with Gasteiger partial charge in [0.1, 0.15) is 5.82 Å². The summed E-state index contributed by atoms with van der Waals surface area (Å²) in [4.78, 5) is 2.22. The molecule has 1 aliphatic heterocycles. The molecule has 104 valence electrons. The van der Waals surface area contributed by atoms with Crippen LogP contribution in [-0.2, 0) is 0 Å². The second kappa shape index (κ2) is 5.39. The zero-order valence-electron chi connectivity index (χ0n) is 11.0. The summed E-state index contributed by atoms with van der Waals surface area (Å²) in [7, 11) is 0. The highest BCUT2D eigenvalue weighted by molar-refractivity contribution is 5.89. The molecule has 0 unspecified atom stereocenters. The Morgan fingerprint density at radius 2 is 2.16 bits per heavy atom. The molecule has 1 saturated heterocycles. The van der Waals surface area contributed by atoms with Crippen molar-refractivity contribution in [1.29, 1.82) is 0 Å². The molecule has 0 radical (unpaired) electrons. The van der Waals surface area contributed by atoms with Crippen molar-refractivity contribution < 1.29 is 8.81 Å². The van der Waals surface area contributed by atoms with Crippen molar-refractivity contribution in [3.8, 4) is 0 Å². The Bertz CT molecular complexity index is 572. The molecule has 1 fully saturated rings. The first-order chi connectivity index (χ1) is 8.66. The lowest BCUT2D eigenvalue weighted by Gasteiger charge is -2.40. The first-order valence-corrected chi connectivity index (χ1v) is 6.33. The molecule has 0 aliphatic carbocycles.